The van der Waals surface area contributed by atoms with Gasteiger partial charge in [0.1, 0.15) is 0 Å². The Labute approximate surface area is 89.5 Å². The topological polar surface area (TPSA) is 9.23 Å². The van der Waals surface area contributed by atoms with Crippen molar-refractivity contribution in [1.29, 1.82) is 0 Å². The standard InChI is InChI=1S/C12H18F2O/c1-11(2,3)15-9-7-12(10(13)14)5-4-8(9)6-12/h4-5,8-10H,6-7H2,1-3H3. The molecule has 0 saturated heterocycles. The summed E-state index contributed by atoms with van der Waals surface area (Å²) in [7, 11) is 0. The highest BCUT2D eigenvalue weighted by atomic mass is 19.3. The first-order valence-electron chi connectivity index (χ1n) is 5.48. The van der Waals surface area contributed by atoms with Gasteiger partial charge in [-0.25, -0.2) is 8.78 Å². The van der Waals surface area contributed by atoms with Crippen molar-refractivity contribution in [3.8, 4) is 0 Å². The molecule has 0 N–H and O–H groups in total. The maximum Gasteiger partial charge on any atom is 0.247 e. The second-order valence-corrected chi connectivity index (χ2v) is 5.73. The van der Waals surface area contributed by atoms with E-state index in [2.05, 4.69) is 0 Å². The smallest absolute Gasteiger partial charge is 0.247 e. The van der Waals surface area contributed by atoms with Crippen LogP contribution in [0.1, 0.15) is 33.6 Å². The lowest BCUT2D eigenvalue weighted by molar-refractivity contribution is -0.0782. The third-order valence-electron chi connectivity index (χ3n) is 3.29. The van der Waals surface area contributed by atoms with Crippen LogP contribution in [-0.4, -0.2) is 18.1 Å². The normalized spacial score (nSPS) is 39.3. The molecule has 1 saturated carbocycles. The summed E-state index contributed by atoms with van der Waals surface area (Å²) in [5.74, 6) is 0.193. The third-order valence-corrected chi connectivity index (χ3v) is 3.29. The average Bonchev–Trinajstić information content (AvgIpc) is 2.58. The number of allylic oxidation sites excluding steroid dienone is 1. The number of halogens is 2. The van der Waals surface area contributed by atoms with Crippen LogP contribution in [-0.2, 0) is 4.74 Å². The molecule has 0 heterocycles. The first-order chi connectivity index (χ1) is 6.82. The maximum absolute atomic E-state index is 12.9. The Hall–Kier alpha value is -0.440. The van der Waals surface area contributed by atoms with Crippen molar-refractivity contribution in [3.63, 3.8) is 0 Å². The van der Waals surface area contributed by atoms with E-state index in [-0.39, 0.29) is 17.6 Å². The van der Waals surface area contributed by atoms with Crippen molar-refractivity contribution in [2.45, 2.75) is 51.7 Å². The van der Waals surface area contributed by atoms with Gasteiger partial charge in [0, 0.05) is 5.92 Å². The van der Waals surface area contributed by atoms with E-state index in [9.17, 15) is 8.78 Å². The van der Waals surface area contributed by atoms with Crippen molar-refractivity contribution >= 4 is 0 Å². The van der Waals surface area contributed by atoms with Gasteiger partial charge < -0.3 is 4.74 Å². The Balaban J connectivity index is 2.07. The van der Waals surface area contributed by atoms with Crippen LogP contribution in [0.2, 0.25) is 0 Å². The predicted molar refractivity (Wildman–Crippen MR) is 54.9 cm³/mol. The number of rotatable bonds is 2. The molecule has 1 nitrogen and oxygen atoms in total. The van der Waals surface area contributed by atoms with Crippen LogP contribution < -0.4 is 0 Å². The van der Waals surface area contributed by atoms with Crippen LogP contribution in [0.15, 0.2) is 12.2 Å². The molecule has 2 aliphatic rings. The van der Waals surface area contributed by atoms with Gasteiger partial charge in [0.15, 0.2) is 0 Å². The van der Waals surface area contributed by atoms with Gasteiger partial charge in [-0.1, -0.05) is 12.2 Å². The van der Waals surface area contributed by atoms with Crippen LogP contribution in [0.25, 0.3) is 0 Å². The first kappa shape index (κ1) is 11.1. The summed E-state index contributed by atoms with van der Waals surface area (Å²) in [5.41, 5.74) is -1.13. The second kappa shape index (κ2) is 3.27. The van der Waals surface area contributed by atoms with Gasteiger partial charge in [0.05, 0.1) is 17.1 Å². The van der Waals surface area contributed by atoms with E-state index < -0.39 is 11.8 Å². The summed E-state index contributed by atoms with van der Waals surface area (Å²) in [5, 5.41) is 0. The van der Waals surface area contributed by atoms with Crippen LogP contribution in [0.4, 0.5) is 8.78 Å². The van der Waals surface area contributed by atoms with Crippen molar-refractivity contribution < 1.29 is 13.5 Å². The molecular formula is C12H18F2O. The SMILES string of the molecule is CC(C)(C)OC1CC2(C(F)F)C=CC1C2. The molecule has 3 atom stereocenters. The minimum Gasteiger partial charge on any atom is -0.372 e. The highest BCUT2D eigenvalue weighted by molar-refractivity contribution is 5.20. The molecule has 0 radical (unpaired) electrons. The van der Waals surface area contributed by atoms with Crippen LogP contribution in [0.5, 0.6) is 0 Å². The van der Waals surface area contributed by atoms with Gasteiger partial charge >= 0.3 is 0 Å². The Morgan fingerprint density at radius 1 is 1.33 bits per heavy atom. The average molecular weight is 216 g/mol. The van der Waals surface area contributed by atoms with Gasteiger partial charge in [0.2, 0.25) is 6.43 Å². The number of hydrogen-bond acceptors (Lipinski definition) is 1. The van der Waals surface area contributed by atoms with E-state index in [4.69, 9.17) is 4.74 Å². The molecule has 15 heavy (non-hydrogen) atoms. The van der Waals surface area contributed by atoms with E-state index in [1.54, 1.807) is 6.08 Å². The van der Waals surface area contributed by atoms with Crippen molar-refractivity contribution in [2.75, 3.05) is 0 Å². The Morgan fingerprint density at radius 3 is 2.47 bits per heavy atom. The fraction of sp³-hybridized carbons (Fsp3) is 0.833. The predicted octanol–water partition coefficient (Wildman–Crippen LogP) is 3.40. The summed E-state index contributed by atoms with van der Waals surface area (Å²) >= 11 is 0. The monoisotopic (exact) mass is 216 g/mol. The molecule has 3 unspecified atom stereocenters. The molecule has 1 fully saturated rings. The van der Waals surface area contributed by atoms with Crippen molar-refractivity contribution in [1.82, 2.24) is 0 Å². The minimum absolute atomic E-state index is 0.0241. The van der Waals surface area contributed by atoms with Gasteiger partial charge in [-0.05, 0) is 33.6 Å². The first-order valence-corrected chi connectivity index (χ1v) is 5.48. The lowest BCUT2D eigenvalue weighted by Crippen LogP contribution is -2.32. The molecular weight excluding hydrogens is 198 g/mol. The zero-order chi connectivity index (χ0) is 11.3. The fourth-order valence-electron chi connectivity index (χ4n) is 2.66. The van der Waals surface area contributed by atoms with Gasteiger partial charge in [-0.3, -0.25) is 0 Å². The molecule has 0 spiro atoms. The van der Waals surface area contributed by atoms with Gasteiger partial charge in [0.25, 0.3) is 0 Å². The molecule has 2 aliphatic carbocycles. The highest BCUT2D eigenvalue weighted by Gasteiger charge is 2.53. The Morgan fingerprint density at radius 2 is 2.00 bits per heavy atom. The molecule has 0 amide bonds. The van der Waals surface area contributed by atoms with Crippen molar-refractivity contribution in [2.24, 2.45) is 11.3 Å². The highest BCUT2D eigenvalue weighted by Crippen LogP contribution is 2.54. The van der Waals surface area contributed by atoms with E-state index in [0.29, 0.717) is 12.8 Å². The van der Waals surface area contributed by atoms with E-state index in [1.165, 1.54) is 0 Å². The molecule has 3 heteroatoms. The lowest BCUT2D eigenvalue weighted by Gasteiger charge is -2.30. The fourth-order valence-corrected chi connectivity index (χ4v) is 2.66. The quantitative estimate of drug-likeness (QED) is 0.643. The number of ether oxygens (including phenoxy) is 1. The molecule has 0 aromatic rings. The minimum atomic E-state index is -2.26. The molecule has 0 aromatic heterocycles. The lowest BCUT2D eigenvalue weighted by atomic mass is 9.88. The summed E-state index contributed by atoms with van der Waals surface area (Å²) < 4.78 is 31.7. The Bertz CT molecular complexity index is 280. The number of fused-ring (bicyclic) bond motifs is 2. The maximum atomic E-state index is 12.9. The number of alkyl halides is 2. The van der Waals surface area contributed by atoms with Gasteiger partial charge in [-0.15, -0.1) is 0 Å². The molecule has 2 rings (SSSR count). The van der Waals surface area contributed by atoms with E-state index in [0.717, 1.165) is 0 Å². The second-order valence-electron chi connectivity index (χ2n) is 5.73. The van der Waals surface area contributed by atoms with Crippen molar-refractivity contribution in [3.05, 3.63) is 12.2 Å². The molecule has 2 bridgehead atoms. The summed E-state index contributed by atoms with van der Waals surface area (Å²) in [4.78, 5) is 0. The number of hydrogen-bond donors (Lipinski definition) is 0. The van der Waals surface area contributed by atoms with E-state index >= 15 is 0 Å². The Kier molecular flexibility index (Phi) is 2.41. The molecule has 0 aliphatic heterocycles. The molecule has 86 valence electrons. The van der Waals surface area contributed by atoms with Crippen LogP contribution >= 0.6 is 0 Å². The third kappa shape index (κ3) is 1.94. The van der Waals surface area contributed by atoms with Gasteiger partial charge in [-0.2, -0.15) is 0 Å². The summed E-state index contributed by atoms with van der Waals surface area (Å²) in [6.45, 7) is 5.91. The summed E-state index contributed by atoms with van der Waals surface area (Å²) in [6.07, 6.45) is 2.36. The largest absolute Gasteiger partial charge is 0.372 e. The van der Waals surface area contributed by atoms with Crippen LogP contribution in [0, 0.1) is 11.3 Å². The van der Waals surface area contributed by atoms with E-state index in [1.807, 2.05) is 26.8 Å². The summed E-state index contributed by atoms with van der Waals surface area (Å²) in [6, 6.07) is 0. The zero-order valence-electron chi connectivity index (χ0n) is 9.47. The molecule has 0 aromatic carbocycles. The van der Waals surface area contributed by atoms with Crippen LogP contribution in [0.3, 0.4) is 0 Å². The zero-order valence-corrected chi connectivity index (χ0v) is 9.47.